The van der Waals surface area contributed by atoms with Crippen molar-refractivity contribution in [2.75, 3.05) is 26.3 Å². The van der Waals surface area contributed by atoms with Gasteiger partial charge in [-0.3, -0.25) is 10.1 Å². The van der Waals surface area contributed by atoms with Crippen molar-refractivity contribution in [1.29, 1.82) is 0 Å². The summed E-state index contributed by atoms with van der Waals surface area (Å²) in [5.41, 5.74) is 1.03. The van der Waals surface area contributed by atoms with Crippen LogP contribution in [0.15, 0.2) is 24.3 Å². The molecule has 1 saturated heterocycles. The molecule has 1 amide bonds. The third kappa shape index (κ3) is 3.95. The molecule has 1 N–H and O–H groups in total. The highest BCUT2D eigenvalue weighted by Crippen LogP contribution is 2.24. The van der Waals surface area contributed by atoms with Crippen LogP contribution in [0, 0.1) is 0 Å². The zero-order valence-electron chi connectivity index (χ0n) is 11.8. The lowest BCUT2D eigenvalue weighted by atomic mass is 10.1. The number of nitrogens with one attached hydrogen (secondary N) is 1. The fraction of sp³-hybridized carbons (Fsp3) is 0.533. The molecular weight excluding hydrogens is 276 g/mol. The summed E-state index contributed by atoms with van der Waals surface area (Å²) >= 11 is 6.02. The number of ether oxygens (including phenoxy) is 1. The molecule has 1 atom stereocenters. The molecule has 0 radical (unpaired) electrons. The summed E-state index contributed by atoms with van der Waals surface area (Å²) in [5, 5.41) is 3.92. The average molecular weight is 297 g/mol. The minimum atomic E-state index is -0.0765. The fourth-order valence-corrected chi connectivity index (χ4v) is 2.55. The summed E-state index contributed by atoms with van der Waals surface area (Å²) in [6.45, 7) is 4.65. The summed E-state index contributed by atoms with van der Waals surface area (Å²) in [7, 11) is 0. The molecule has 1 aromatic carbocycles. The van der Waals surface area contributed by atoms with Crippen LogP contribution in [0.1, 0.15) is 31.5 Å². The first-order chi connectivity index (χ1) is 9.72. The fourth-order valence-electron chi connectivity index (χ4n) is 2.35. The van der Waals surface area contributed by atoms with Crippen molar-refractivity contribution < 1.29 is 9.53 Å². The molecule has 5 heteroatoms. The molecule has 1 aromatic rings. The second kappa shape index (κ2) is 7.62. The first kappa shape index (κ1) is 15.3. The molecule has 1 heterocycles. The Balaban J connectivity index is 1.93. The van der Waals surface area contributed by atoms with Crippen molar-refractivity contribution in [1.82, 2.24) is 10.2 Å². The third-order valence-electron chi connectivity index (χ3n) is 3.28. The number of nitrogens with zero attached hydrogens (tertiary/aromatic N) is 1. The normalized spacial score (nSPS) is 18.8. The molecule has 110 valence electrons. The van der Waals surface area contributed by atoms with E-state index in [-0.39, 0.29) is 12.1 Å². The topological polar surface area (TPSA) is 41.6 Å². The summed E-state index contributed by atoms with van der Waals surface area (Å²) in [6, 6.07) is 7.64. The van der Waals surface area contributed by atoms with Gasteiger partial charge in [-0.1, -0.05) is 30.7 Å². The van der Waals surface area contributed by atoms with Gasteiger partial charge in [0, 0.05) is 24.8 Å². The lowest BCUT2D eigenvalue weighted by Crippen LogP contribution is -2.31. The quantitative estimate of drug-likeness (QED) is 0.786. The molecule has 1 fully saturated rings. The van der Waals surface area contributed by atoms with Crippen molar-refractivity contribution in [3.63, 3.8) is 0 Å². The molecule has 1 unspecified atom stereocenters. The minimum Gasteiger partial charge on any atom is -0.381 e. The van der Waals surface area contributed by atoms with Crippen LogP contribution in [-0.4, -0.2) is 37.1 Å². The molecule has 0 aliphatic carbocycles. The van der Waals surface area contributed by atoms with Gasteiger partial charge < -0.3 is 9.64 Å². The van der Waals surface area contributed by atoms with Gasteiger partial charge in [-0.15, -0.1) is 0 Å². The summed E-state index contributed by atoms with van der Waals surface area (Å²) in [4.78, 5) is 13.8. The van der Waals surface area contributed by atoms with Crippen molar-refractivity contribution >= 4 is 17.5 Å². The molecule has 2 rings (SSSR count). The van der Waals surface area contributed by atoms with E-state index in [1.165, 1.54) is 0 Å². The number of amides is 1. The number of carbonyl (C=O) groups is 1. The monoisotopic (exact) mass is 296 g/mol. The Kier molecular flexibility index (Phi) is 5.83. The molecular formula is C15H21ClN2O2. The third-order valence-corrected chi connectivity index (χ3v) is 3.51. The van der Waals surface area contributed by atoms with Crippen LogP contribution in [0.5, 0.6) is 0 Å². The smallest absolute Gasteiger partial charge is 0.238 e. The van der Waals surface area contributed by atoms with E-state index in [1.54, 1.807) is 0 Å². The average Bonchev–Trinajstić information content (AvgIpc) is 2.80. The maximum Gasteiger partial charge on any atom is 0.238 e. The van der Waals surface area contributed by atoms with Gasteiger partial charge >= 0.3 is 0 Å². The number of halogens is 1. The summed E-state index contributed by atoms with van der Waals surface area (Å²) < 4.78 is 5.46. The first-order valence-electron chi connectivity index (χ1n) is 7.08. The molecule has 0 spiro atoms. The van der Waals surface area contributed by atoms with Crippen molar-refractivity contribution in [2.24, 2.45) is 0 Å². The maximum absolute atomic E-state index is 12.0. The Bertz CT molecular complexity index is 453. The van der Waals surface area contributed by atoms with E-state index in [1.807, 2.05) is 29.2 Å². The highest BCUT2D eigenvalue weighted by Gasteiger charge is 2.30. The second-order valence-electron chi connectivity index (χ2n) is 4.89. The zero-order chi connectivity index (χ0) is 14.4. The van der Waals surface area contributed by atoms with Gasteiger partial charge in [0.25, 0.3) is 0 Å². The predicted molar refractivity (Wildman–Crippen MR) is 79.6 cm³/mol. The highest BCUT2D eigenvalue weighted by molar-refractivity contribution is 6.30. The Morgan fingerprint density at radius 3 is 3.05 bits per heavy atom. The molecule has 20 heavy (non-hydrogen) atoms. The van der Waals surface area contributed by atoms with Crippen LogP contribution in [-0.2, 0) is 9.53 Å². The summed E-state index contributed by atoms with van der Waals surface area (Å²) in [6.07, 6.45) is 1.80. The van der Waals surface area contributed by atoms with Crippen molar-refractivity contribution in [3.8, 4) is 0 Å². The van der Waals surface area contributed by atoms with Crippen molar-refractivity contribution in [2.45, 2.75) is 25.9 Å². The van der Waals surface area contributed by atoms with Gasteiger partial charge in [0.2, 0.25) is 5.91 Å². The van der Waals surface area contributed by atoms with Crippen molar-refractivity contribution in [3.05, 3.63) is 34.9 Å². The molecule has 4 nitrogen and oxygen atoms in total. The lowest BCUT2D eigenvalue weighted by molar-refractivity contribution is -0.128. The Morgan fingerprint density at radius 2 is 2.30 bits per heavy atom. The molecule has 0 aromatic heterocycles. The van der Waals surface area contributed by atoms with E-state index < -0.39 is 0 Å². The SMILES string of the molecule is CCCOCCCN1C(=O)CNC1c1cccc(Cl)c1. The number of carbonyl (C=O) groups excluding carboxylic acids is 1. The zero-order valence-corrected chi connectivity index (χ0v) is 12.5. The minimum absolute atomic E-state index is 0.0765. The van der Waals surface area contributed by atoms with E-state index in [4.69, 9.17) is 16.3 Å². The van der Waals surface area contributed by atoms with Crippen LogP contribution in [0.4, 0.5) is 0 Å². The number of rotatable bonds is 7. The lowest BCUT2D eigenvalue weighted by Gasteiger charge is -2.24. The van der Waals surface area contributed by atoms with Crippen LogP contribution in [0.2, 0.25) is 5.02 Å². The van der Waals surface area contributed by atoms with E-state index in [0.29, 0.717) is 24.7 Å². The predicted octanol–water partition coefficient (Wildman–Crippen LogP) is 2.59. The van der Waals surface area contributed by atoms with Gasteiger partial charge in [-0.25, -0.2) is 0 Å². The van der Waals surface area contributed by atoms with E-state index in [2.05, 4.69) is 12.2 Å². The highest BCUT2D eigenvalue weighted by atomic mass is 35.5. The van der Waals surface area contributed by atoms with Crippen LogP contribution < -0.4 is 5.32 Å². The van der Waals surface area contributed by atoms with E-state index in [9.17, 15) is 4.79 Å². The van der Waals surface area contributed by atoms with Gasteiger partial charge in [-0.05, 0) is 30.5 Å². The van der Waals surface area contributed by atoms with Gasteiger partial charge in [-0.2, -0.15) is 0 Å². The standard InChI is InChI=1S/C15H21ClN2O2/c1-2-8-20-9-4-7-18-14(19)11-17-15(18)12-5-3-6-13(16)10-12/h3,5-6,10,15,17H,2,4,7-9,11H2,1H3. The molecule has 1 aliphatic heterocycles. The Labute approximate surface area is 125 Å². The number of benzene rings is 1. The Hall–Kier alpha value is -1.10. The first-order valence-corrected chi connectivity index (χ1v) is 7.46. The second-order valence-corrected chi connectivity index (χ2v) is 5.33. The van der Waals surface area contributed by atoms with Crippen LogP contribution in [0.3, 0.4) is 0 Å². The largest absolute Gasteiger partial charge is 0.381 e. The molecule has 0 saturated carbocycles. The summed E-state index contributed by atoms with van der Waals surface area (Å²) in [5.74, 6) is 0.130. The van der Waals surface area contributed by atoms with E-state index >= 15 is 0 Å². The number of hydrogen-bond acceptors (Lipinski definition) is 3. The van der Waals surface area contributed by atoms with Crippen LogP contribution >= 0.6 is 11.6 Å². The number of hydrogen-bond donors (Lipinski definition) is 1. The Morgan fingerprint density at radius 1 is 1.45 bits per heavy atom. The maximum atomic E-state index is 12.0. The molecule has 1 aliphatic rings. The van der Waals surface area contributed by atoms with E-state index in [0.717, 1.165) is 25.0 Å². The van der Waals surface area contributed by atoms with Crippen LogP contribution in [0.25, 0.3) is 0 Å². The van der Waals surface area contributed by atoms with Gasteiger partial charge in [0.15, 0.2) is 0 Å². The molecule has 0 bridgehead atoms. The van der Waals surface area contributed by atoms with Gasteiger partial charge in [0.1, 0.15) is 6.17 Å². The van der Waals surface area contributed by atoms with Gasteiger partial charge in [0.05, 0.1) is 6.54 Å².